The van der Waals surface area contributed by atoms with Crippen LogP contribution < -0.4 is 10.1 Å². The van der Waals surface area contributed by atoms with Crippen molar-refractivity contribution in [3.63, 3.8) is 0 Å². The number of ether oxygens (including phenoxy) is 2. The largest absolute Gasteiger partial charge is 0.439 e. The van der Waals surface area contributed by atoms with Crippen molar-refractivity contribution in [3.05, 3.63) is 54.0 Å². The minimum atomic E-state index is -0.298. The first kappa shape index (κ1) is 20.1. The molecule has 1 aliphatic heterocycles. The van der Waals surface area contributed by atoms with E-state index in [1.807, 2.05) is 12.1 Å². The summed E-state index contributed by atoms with van der Waals surface area (Å²) >= 11 is 0. The Morgan fingerprint density at radius 3 is 2.89 bits per heavy atom. The Morgan fingerprint density at radius 2 is 2.18 bits per heavy atom. The van der Waals surface area contributed by atoms with Crippen LogP contribution in [0, 0.1) is 11.7 Å². The van der Waals surface area contributed by atoms with Crippen molar-refractivity contribution in [2.24, 2.45) is 10.9 Å². The highest BCUT2D eigenvalue weighted by molar-refractivity contribution is 5.79. The maximum Gasteiger partial charge on any atom is 0.219 e. The fourth-order valence-electron chi connectivity index (χ4n) is 3.06. The third kappa shape index (κ3) is 5.92. The monoisotopic (exact) mass is 386 g/mol. The molecule has 1 aromatic carbocycles. The summed E-state index contributed by atoms with van der Waals surface area (Å²) in [5.74, 6) is 2.12. The van der Waals surface area contributed by atoms with Crippen LogP contribution in [-0.4, -0.2) is 49.2 Å². The fraction of sp³-hybridized carbons (Fsp3) is 0.429. The normalized spacial score (nSPS) is 16.8. The third-order valence-corrected chi connectivity index (χ3v) is 4.50. The minimum Gasteiger partial charge on any atom is -0.439 e. The second kappa shape index (κ2) is 10.0. The van der Waals surface area contributed by atoms with Crippen LogP contribution in [0.5, 0.6) is 11.6 Å². The van der Waals surface area contributed by atoms with Crippen molar-refractivity contribution >= 4 is 5.96 Å². The van der Waals surface area contributed by atoms with Crippen molar-refractivity contribution in [3.8, 4) is 11.6 Å². The van der Waals surface area contributed by atoms with E-state index in [-0.39, 0.29) is 5.82 Å². The minimum absolute atomic E-state index is 0.298. The van der Waals surface area contributed by atoms with Gasteiger partial charge in [-0.05, 0) is 49.2 Å². The molecular weight excluding hydrogens is 359 g/mol. The second-order valence-corrected chi connectivity index (χ2v) is 6.84. The Hall–Kier alpha value is -2.67. The van der Waals surface area contributed by atoms with Gasteiger partial charge < -0.3 is 19.7 Å². The summed E-state index contributed by atoms with van der Waals surface area (Å²) in [6.45, 7) is 5.96. The number of halogens is 1. The van der Waals surface area contributed by atoms with E-state index >= 15 is 0 Å². The maximum atomic E-state index is 13.0. The number of hydrogen-bond donors (Lipinski definition) is 1. The van der Waals surface area contributed by atoms with Gasteiger partial charge in [0.05, 0.1) is 13.2 Å². The highest BCUT2D eigenvalue weighted by Gasteiger charge is 2.19. The summed E-state index contributed by atoms with van der Waals surface area (Å²) in [7, 11) is 2.05. The summed E-state index contributed by atoms with van der Waals surface area (Å²) < 4.78 is 24.2. The predicted molar refractivity (Wildman–Crippen MR) is 107 cm³/mol. The van der Waals surface area contributed by atoms with Gasteiger partial charge in [-0.15, -0.1) is 0 Å². The van der Waals surface area contributed by atoms with Gasteiger partial charge in [0.25, 0.3) is 0 Å². The lowest BCUT2D eigenvalue weighted by atomic mass is 10.1. The highest BCUT2D eigenvalue weighted by Crippen LogP contribution is 2.20. The summed E-state index contributed by atoms with van der Waals surface area (Å²) in [6, 6.07) is 9.63. The predicted octanol–water partition coefficient (Wildman–Crippen LogP) is 3.45. The number of guanidine groups is 1. The summed E-state index contributed by atoms with van der Waals surface area (Å²) in [4.78, 5) is 11.1. The molecule has 2 aromatic rings. The van der Waals surface area contributed by atoms with Crippen LogP contribution in [0.3, 0.4) is 0 Å². The van der Waals surface area contributed by atoms with E-state index in [0.29, 0.717) is 24.1 Å². The van der Waals surface area contributed by atoms with Crippen LogP contribution in [0.1, 0.15) is 18.9 Å². The van der Waals surface area contributed by atoms with E-state index in [0.717, 1.165) is 44.2 Å². The zero-order valence-electron chi connectivity index (χ0n) is 16.4. The van der Waals surface area contributed by atoms with Gasteiger partial charge in [-0.2, -0.15) is 0 Å². The fourth-order valence-corrected chi connectivity index (χ4v) is 3.06. The number of benzene rings is 1. The van der Waals surface area contributed by atoms with Gasteiger partial charge >= 0.3 is 0 Å². The van der Waals surface area contributed by atoms with Gasteiger partial charge in [-0.1, -0.05) is 0 Å². The lowest BCUT2D eigenvalue weighted by Crippen LogP contribution is -2.41. The molecule has 3 rings (SSSR count). The molecule has 6 nitrogen and oxygen atoms in total. The van der Waals surface area contributed by atoms with Crippen molar-refractivity contribution in [1.29, 1.82) is 0 Å². The smallest absolute Gasteiger partial charge is 0.219 e. The van der Waals surface area contributed by atoms with Crippen LogP contribution >= 0.6 is 0 Å². The molecule has 1 fully saturated rings. The number of pyridine rings is 1. The number of aliphatic imine (C=N–C) groups is 1. The average Bonchev–Trinajstić information content (AvgIpc) is 3.20. The summed E-state index contributed by atoms with van der Waals surface area (Å²) in [6.07, 6.45) is 2.79. The molecule has 1 N–H and O–H groups in total. The van der Waals surface area contributed by atoms with Crippen LogP contribution in [-0.2, 0) is 11.3 Å². The molecule has 0 radical (unpaired) electrons. The Bertz CT molecular complexity index is 776. The Labute approximate surface area is 165 Å². The van der Waals surface area contributed by atoms with Gasteiger partial charge in [0, 0.05) is 44.9 Å². The molecule has 1 unspecified atom stereocenters. The molecule has 0 aliphatic carbocycles. The first-order chi connectivity index (χ1) is 13.6. The van der Waals surface area contributed by atoms with Crippen molar-refractivity contribution in [2.45, 2.75) is 19.9 Å². The summed E-state index contributed by atoms with van der Waals surface area (Å²) in [5.41, 5.74) is 0.986. The van der Waals surface area contributed by atoms with E-state index in [4.69, 9.17) is 14.5 Å². The van der Waals surface area contributed by atoms with Crippen LogP contribution in [0.25, 0.3) is 0 Å². The second-order valence-electron chi connectivity index (χ2n) is 6.84. The van der Waals surface area contributed by atoms with E-state index < -0.39 is 0 Å². The third-order valence-electron chi connectivity index (χ3n) is 4.50. The Balaban J connectivity index is 1.63. The molecule has 0 saturated carbocycles. The molecule has 1 aromatic heterocycles. The van der Waals surface area contributed by atoms with Gasteiger partial charge in [0.1, 0.15) is 11.6 Å². The molecule has 1 atom stereocenters. The lowest BCUT2D eigenvalue weighted by molar-refractivity contribution is 0.181. The number of rotatable bonds is 7. The molecule has 2 heterocycles. The number of hydrogen-bond acceptors (Lipinski definition) is 4. The standard InChI is InChI=1S/C21H27FN4O2/c1-3-23-21(26(2)14-17-9-11-27-15-17)25-13-16-8-10-24-20(12-16)28-19-6-4-18(22)5-7-19/h4-8,10,12,17H,3,9,11,13-15H2,1-2H3,(H,23,25). The molecule has 0 amide bonds. The summed E-state index contributed by atoms with van der Waals surface area (Å²) in [5, 5.41) is 3.34. The Morgan fingerprint density at radius 1 is 1.36 bits per heavy atom. The first-order valence-electron chi connectivity index (χ1n) is 9.59. The zero-order valence-corrected chi connectivity index (χ0v) is 16.4. The van der Waals surface area contributed by atoms with Crippen molar-refractivity contribution in [2.75, 3.05) is 33.4 Å². The molecular formula is C21H27FN4O2. The molecule has 150 valence electrons. The lowest BCUT2D eigenvalue weighted by Gasteiger charge is -2.24. The van der Waals surface area contributed by atoms with Crippen LogP contribution in [0.4, 0.5) is 4.39 Å². The number of nitrogens with zero attached hydrogens (tertiary/aromatic N) is 3. The van der Waals surface area contributed by atoms with Gasteiger partial charge in [0.2, 0.25) is 5.88 Å². The van der Waals surface area contributed by atoms with E-state index in [1.165, 1.54) is 12.1 Å². The SMILES string of the molecule is CCNC(=NCc1ccnc(Oc2ccc(F)cc2)c1)N(C)CC1CCOC1. The number of nitrogens with one attached hydrogen (secondary N) is 1. The molecule has 0 bridgehead atoms. The average molecular weight is 386 g/mol. The van der Waals surface area contributed by atoms with Crippen LogP contribution in [0.15, 0.2) is 47.6 Å². The number of aromatic nitrogens is 1. The van der Waals surface area contributed by atoms with Gasteiger partial charge in [-0.25, -0.2) is 14.4 Å². The quantitative estimate of drug-likeness (QED) is 0.583. The van der Waals surface area contributed by atoms with Crippen molar-refractivity contribution < 1.29 is 13.9 Å². The maximum absolute atomic E-state index is 13.0. The molecule has 0 spiro atoms. The first-order valence-corrected chi connectivity index (χ1v) is 9.59. The van der Waals surface area contributed by atoms with Gasteiger partial charge in [-0.3, -0.25) is 0 Å². The highest BCUT2D eigenvalue weighted by atomic mass is 19.1. The Kier molecular flexibility index (Phi) is 7.19. The molecule has 28 heavy (non-hydrogen) atoms. The molecule has 1 aliphatic rings. The van der Waals surface area contributed by atoms with E-state index in [9.17, 15) is 4.39 Å². The zero-order chi connectivity index (χ0) is 19.8. The van der Waals surface area contributed by atoms with Gasteiger partial charge in [0.15, 0.2) is 5.96 Å². The molecule has 1 saturated heterocycles. The van der Waals surface area contributed by atoms with Crippen molar-refractivity contribution in [1.82, 2.24) is 15.2 Å². The molecule has 7 heteroatoms. The van der Waals surface area contributed by atoms with Crippen LogP contribution in [0.2, 0.25) is 0 Å². The topological polar surface area (TPSA) is 59.0 Å². The van der Waals surface area contributed by atoms with E-state index in [1.54, 1.807) is 18.3 Å². The van der Waals surface area contributed by atoms with E-state index in [2.05, 4.69) is 29.2 Å².